The molecule has 76 valence electrons. The first-order valence-corrected chi connectivity index (χ1v) is 5.58. The third kappa shape index (κ3) is 1.75. The summed E-state index contributed by atoms with van der Waals surface area (Å²) in [5.74, 6) is 0.833. The number of nitrogens with zero attached hydrogens (tertiary/aromatic N) is 2. The Morgan fingerprint density at radius 3 is 2.08 bits per heavy atom. The van der Waals surface area contributed by atoms with Gasteiger partial charge in [-0.25, -0.2) is 0 Å². The number of likely N-dealkylation sites (tertiary alicyclic amines) is 2. The van der Waals surface area contributed by atoms with E-state index in [0.717, 1.165) is 11.3 Å². The fourth-order valence-electron chi connectivity index (χ4n) is 2.87. The van der Waals surface area contributed by atoms with Crippen LogP contribution < -0.4 is 0 Å². The summed E-state index contributed by atoms with van der Waals surface area (Å²) in [4.78, 5) is 5.16. The summed E-state index contributed by atoms with van der Waals surface area (Å²) < 4.78 is 0. The van der Waals surface area contributed by atoms with Crippen LogP contribution in [0.25, 0.3) is 0 Å². The molecule has 2 heterocycles. The number of rotatable bonds is 3. The molecule has 0 N–H and O–H groups in total. The van der Waals surface area contributed by atoms with Gasteiger partial charge < -0.3 is 9.80 Å². The van der Waals surface area contributed by atoms with Gasteiger partial charge >= 0.3 is 0 Å². The van der Waals surface area contributed by atoms with Crippen molar-refractivity contribution in [1.29, 1.82) is 0 Å². The number of hydrogen-bond acceptors (Lipinski definition) is 2. The summed E-state index contributed by atoms with van der Waals surface area (Å²) in [6.45, 7) is 14.9. The maximum Gasteiger partial charge on any atom is 0.0212 e. The van der Waals surface area contributed by atoms with E-state index in [1.54, 1.807) is 0 Å². The molecule has 0 atom stereocenters. The molecule has 2 aliphatic rings. The molecule has 0 unspecified atom stereocenters. The molecule has 0 amide bonds. The Bertz CT molecular complexity index is 175. The fourth-order valence-corrected chi connectivity index (χ4v) is 2.87. The van der Waals surface area contributed by atoms with Crippen molar-refractivity contribution in [2.24, 2.45) is 11.3 Å². The molecule has 0 aromatic carbocycles. The predicted molar refractivity (Wildman–Crippen MR) is 55.8 cm³/mol. The van der Waals surface area contributed by atoms with E-state index < -0.39 is 0 Å². The van der Waals surface area contributed by atoms with E-state index in [9.17, 15) is 0 Å². The van der Waals surface area contributed by atoms with Crippen LogP contribution in [-0.2, 0) is 0 Å². The van der Waals surface area contributed by atoms with Gasteiger partial charge in [0.05, 0.1) is 0 Å². The molecule has 0 saturated carbocycles. The molecule has 13 heavy (non-hydrogen) atoms. The summed E-state index contributed by atoms with van der Waals surface area (Å²) in [6, 6.07) is 0. The predicted octanol–water partition coefficient (Wildman–Crippen LogP) is 1.28. The third-order valence-electron chi connectivity index (χ3n) is 3.31. The minimum atomic E-state index is 0.727. The first kappa shape index (κ1) is 9.47. The molecule has 2 aliphatic heterocycles. The summed E-state index contributed by atoms with van der Waals surface area (Å²) in [5, 5.41) is 0. The molecule has 0 aromatic rings. The standard InChI is InChI=1S/C11H22N2/c1-4-12-6-11(7-12)8-13(9-11)5-10(2)3/h10H,4-9H2,1-3H3. The summed E-state index contributed by atoms with van der Waals surface area (Å²) in [7, 11) is 0. The summed E-state index contributed by atoms with van der Waals surface area (Å²) in [6.07, 6.45) is 0. The zero-order chi connectivity index (χ0) is 9.47. The zero-order valence-electron chi connectivity index (χ0n) is 9.21. The van der Waals surface area contributed by atoms with Crippen molar-refractivity contribution < 1.29 is 0 Å². The zero-order valence-corrected chi connectivity index (χ0v) is 9.21. The van der Waals surface area contributed by atoms with Gasteiger partial charge in [-0.05, 0) is 12.5 Å². The molecule has 2 saturated heterocycles. The van der Waals surface area contributed by atoms with Crippen molar-refractivity contribution in [3.05, 3.63) is 0 Å². The van der Waals surface area contributed by atoms with Gasteiger partial charge in [0, 0.05) is 38.1 Å². The highest BCUT2D eigenvalue weighted by molar-refractivity contribution is 5.05. The van der Waals surface area contributed by atoms with Crippen LogP contribution in [0.4, 0.5) is 0 Å². The lowest BCUT2D eigenvalue weighted by molar-refractivity contribution is -0.115. The molecule has 2 nitrogen and oxygen atoms in total. The Kier molecular flexibility index (Phi) is 2.37. The lowest BCUT2D eigenvalue weighted by Crippen LogP contribution is -2.72. The lowest BCUT2D eigenvalue weighted by atomic mass is 9.72. The number of hydrogen-bond donors (Lipinski definition) is 0. The van der Waals surface area contributed by atoms with Gasteiger partial charge in [0.25, 0.3) is 0 Å². The Morgan fingerprint density at radius 1 is 1.08 bits per heavy atom. The Morgan fingerprint density at radius 2 is 1.62 bits per heavy atom. The maximum absolute atomic E-state index is 2.61. The van der Waals surface area contributed by atoms with Crippen LogP contribution in [0.1, 0.15) is 20.8 Å². The minimum absolute atomic E-state index is 0.727. The normalized spacial score (nSPS) is 27.7. The molecule has 0 aliphatic carbocycles. The quantitative estimate of drug-likeness (QED) is 0.649. The molecule has 2 heteroatoms. The van der Waals surface area contributed by atoms with Crippen LogP contribution >= 0.6 is 0 Å². The van der Waals surface area contributed by atoms with Crippen LogP contribution in [-0.4, -0.2) is 49.1 Å². The van der Waals surface area contributed by atoms with Crippen LogP contribution in [0.3, 0.4) is 0 Å². The van der Waals surface area contributed by atoms with Gasteiger partial charge in [-0.2, -0.15) is 0 Å². The van der Waals surface area contributed by atoms with E-state index in [1.165, 1.54) is 39.3 Å². The maximum atomic E-state index is 2.61. The molecule has 0 bridgehead atoms. The highest BCUT2D eigenvalue weighted by Crippen LogP contribution is 2.39. The molecular weight excluding hydrogens is 160 g/mol. The van der Waals surface area contributed by atoms with Crippen molar-refractivity contribution in [3.8, 4) is 0 Å². The van der Waals surface area contributed by atoms with E-state index in [-0.39, 0.29) is 0 Å². The summed E-state index contributed by atoms with van der Waals surface area (Å²) >= 11 is 0. The second-order valence-electron chi connectivity index (χ2n) is 5.37. The monoisotopic (exact) mass is 182 g/mol. The van der Waals surface area contributed by atoms with Crippen LogP contribution in [0, 0.1) is 11.3 Å². The van der Waals surface area contributed by atoms with Gasteiger partial charge in [-0.3, -0.25) is 0 Å². The van der Waals surface area contributed by atoms with Crippen molar-refractivity contribution in [2.45, 2.75) is 20.8 Å². The highest BCUT2D eigenvalue weighted by atomic mass is 15.3. The Balaban J connectivity index is 1.68. The molecule has 2 rings (SSSR count). The molecular formula is C11H22N2. The van der Waals surface area contributed by atoms with Crippen molar-refractivity contribution in [3.63, 3.8) is 0 Å². The van der Waals surface area contributed by atoms with Crippen molar-refractivity contribution in [1.82, 2.24) is 9.80 Å². The topological polar surface area (TPSA) is 6.48 Å². The van der Waals surface area contributed by atoms with E-state index in [0.29, 0.717) is 0 Å². The van der Waals surface area contributed by atoms with Crippen molar-refractivity contribution in [2.75, 3.05) is 39.3 Å². The van der Waals surface area contributed by atoms with Crippen LogP contribution in [0.15, 0.2) is 0 Å². The van der Waals surface area contributed by atoms with Gasteiger partial charge in [-0.15, -0.1) is 0 Å². The second kappa shape index (κ2) is 3.25. The van der Waals surface area contributed by atoms with Gasteiger partial charge in [0.1, 0.15) is 0 Å². The Labute approximate surface area is 81.9 Å². The van der Waals surface area contributed by atoms with E-state index in [2.05, 4.69) is 30.6 Å². The van der Waals surface area contributed by atoms with E-state index in [4.69, 9.17) is 0 Å². The highest BCUT2D eigenvalue weighted by Gasteiger charge is 2.50. The van der Waals surface area contributed by atoms with Gasteiger partial charge in [0.15, 0.2) is 0 Å². The van der Waals surface area contributed by atoms with Crippen molar-refractivity contribution >= 4 is 0 Å². The summed E-state index contributed by atoms with van der Waals surface area (Å²) in [5.41, 5.74) is 0.727. The van der Waals surface area contributed by atoms with Crippen LogP contribution in [0.5, 0.6) is 0 Å². The smallest absolute Gasteiger partial charge is 0.0212 e. The van der Waals surface area contributed by atoms with Gasteiger partial charge in [0.2, 0.25) is 0 Å². The largest absolute Gasteiger partial charge is 0.302 e. The van der Waals surface area contributed by atoms with E-state index >= 15 is 0 Å². The SMILES string of the molecule is CCN1CC2(C1)CN(CC(C)C)C2. The van der Waals surface area contributed by atoms with Gasteiger partial charge in [-0.1, -0.05) is 20.8 Å². The molecule has 1 spiro atoms. The first-order valence-electron chi connectivity index (χ1n) is 5.58. The first-order chi connectivity index (χ1) is 6.13. The molecule has 0 aromatic heterocycles. The molecule has 2 fully saturated rings. The lowest BCUT2D eigenvalue weighted by Gasteiger charge is -2.60. The average molecular weight is 182 g/mol. The fraction of sp³-hybridized carbons (Fsp3) is 1.00. The Hall–Kier alpha value is -0.0800. The molecule has 0 radical (unpaired) electrons. The average Bonchev–Trinajstić information content (AvgIpc) is 1.90. The third-order valence-corrected chi connectivity index (χ3v) is 3.31. The second-order valence-corrected chi connectivity index (χ2v) is 5.37. The minimum Gasteiger partial charge on any atom is -0.302 e. The van der Waals surface area contributed by atoms with Crippen LogP contribution in [0.2, 0.25) is 0 Å². The van der Waals surface area contributed by atoms with E-state index in [1.807, 2.05) is 0 Å².